The summed E-state index contributed by atoms with van der Waals surface area (Å²) in [7, 11) is 0. The normalized spacial score (nSPS) is 21.5. The average Bonchev–Trinajstić information content (AvgIpc) is 2.70. The predicted molar refractivity (Wildman–Crippen MR) is 138 cm³/mol. The van der Waals surface area contributed by atoms with Gasteiger partial charge in [0.15, 0.2) is 0 Å². The number of hydrogen-bond donors (Lipinski definition) is 1. The number of aliphatic hydroxyl groups excluding tert-OH is 1. The van der Waals surface area contributed by atoms with Crippen LogP contribution in [0, 0.1) is 38.0 Å². The van der Waals surface area contributed by atoms with Crippen LogP contribution in [-0.4, -0.2) is 24.3 Å². The molecule has 1 aromatic rings. The summed E-state index contributed by atoms with van der Waals surface area (Å²) in [6, 6.07) is 4.05. The summed E-state index contributed by atoms with van der Waals surface area (Å²) < 4.78 is 5.65. The zero-order chi connectivity index (χ0) is 24.8. The van der Waals surface area contributed by atoms with Crippen molar-refractivity contribution in [3.05, 3.63) is 82.0 Å². The molecule has 1 aliphatic rings. The minimum absolute atomic E-state index is 0.0610. The molecule has 0 radical (unpaired) electrons. The highest BCUT2D eigenvalue weighted by molar-refractivity contribution is 5.92. The molecule has 1 aliphatic carbocycles. The quantitative estimate of drug-likeness (QED) is 0.259. The van der Waals surface area contributed by atoms with Gasteiger partial charge in [0.05, 0.1) is 12.2 Å². The average molecular weight is 451 g/mol. The highest BCUT2D eigenvalue weighted by Gasteiger charge is 2.40. The first-order chi connectivity index (χ1) is 15.5. The standard InChI is InChI=1S/C30H42O3/c1-20(15-16-31)10-14-27-23(4)11-13-26(30(27,7)8)12-9-21(2)19-33-29(32)28-24(5)17-22(3)18-25(28)6/h9-10,14-15,17-18,26-27,31H,4,11-13,16,19H2,1-3,5-8H3/b14-10+,20-15+,21-9+/t26-,27+/m0/s1. The largest absolute Gasteiger partial charge is 0.458 e. The molecule has 0 bridgehead atoms. The lowest BCUT2D eigenvalue weighted by Gasteiger charge is -2.45. The molecular weight excluding hydrogens is 408 g/mol. The number of aliphatic hydroxyl groups is 1. The van der Waals surface area contributed by atoms with Crippen LogP contribution in [0.5, 0.6) is 0 Å². The molecule has 0 spiro atoms. The maximum atomic E-state index is 12.7. The molecule has 180 valence electrons. The molecule has 0 amide bonds. The van der Waals surface area contributed by atoms with E-state index in [1.54, 1.807) is 0 Å². The van der Waals surface area contributed by atoms with E-state index in [9.17, 15) is 4.79 Å². The van der Waals surface area contributed by atoms with Crippen LogP contribution in [0.2, 0.25) is 0 Å². The van der Waals surface area contributed by atoms with Crippen molar-refractivity contribution in [3.8, 4) is 0 Å². The fourth-order valence-corrected chi connectivity index (χ4v) is 5.09. The van der Waals surface area contributed by atoms with Crippen molar-refractivity contribution in [2.24, 2.45) is 17.3 Å². The van der Waals surface area contributed by atoms with Gasteiger partial charge in [-0.25, -0.2) is 4.79 Å². The fourth-order valence-electron chi connectivity index (χ4n) is 5.09. The number of hydrogen-bond acceptors (Lipinski definition) is 3. The van der Waals surface area contributed by atoms with Crippen molar-refractivity contribution < 1.29 is 14.6 Å². The van der Waals surface area contributed by atoms with E-state index in [-0.39, 0.29) is 18.0 Å². The number of rotatable bonds is 8. The minimum Gasteiger partial charge on any atom is -0.458 e. The summed E-state index contributed by atoms with van der Waals surface area (Å²) in [5.41, 5.74) is 7.28. The lowest BCUT2D eigenvalue weighted by atomic mass is 9.59. The van der Waals surface area contributed by atoms with Crippen molar-refractivity contribution in [2.45, 2.75) is 67.7 Å². The van der Waals surface area contributed by atoms with Crippen LogP contribution in [0.15, 0.2) is 59.7 Å². The number of benzene rings is 1. The van der Waals surface area contributed by atoms with Crippen molar-refractivity contribution in [3.63, 3.8) is 0 Å². The molecule has 0 aromatic heterocycles. The third-order valence-electron chi connectivity index (χ3n) is 7.14. The van der Waals surface area contributed by atoms with E-state index in [2.05, 4.69) is 38.7 Å². The molecule has 33 heavy (non-hydrogen) atoms. The molecule has 1 saturated carbocycles. The minimum atomic E-state index is -0.247. The highest BCUT2D eigenvalue weighted by Crippen LogP contribution is 2.49. The van der Waals surface area contributed by atoms with Crippen molar-refractivity contribution >= 4 is 5.97 Å². The summed E-state index contributed by atoms with van der Waals surface area (Å²) in [6.45, 7) is 19.4. The summed E-state index contributed by atoms with van der Waals surface area (Å²) in [5.74, 6) is 0.577. The summed E-state index contributed by atoms with van der Waals surface area (Å²) >= 11 is 0. The fraction of sp³-hybridized carbons (Fsp3) is 0.500. The van der Waals surface area contributed by atoms with Crippen molar-refractivity contribution in [1.29, 1.82) is 0 Å². The van der Waals surface area contributed by atoms with Gasteiger partial charge in [0.1, 0.15) is 6.61 Å². The van der Waals surface area contributed by atoms with E-state index in [4.69, 9.17) is 9.84 Å². The first-order valence-electron chi connectivity index (χ1n) is 12.0. The zero-order valence-corrected chi connectivity index (χ0v) is 21.6. The Balaban J connectivity index is 2.03. The predicted octanol–water partition coefficient (Wildman–Crippen LogP) is 7.21. The number of carbonyl (C=O) groups is 1. The van der Waals surface area contributed by atoms with Crippen LogP contribution < -0.4 is 0 Å². The summed E-state index contributed by atoms with van der Waals surface area (Å²) in [6.07, 6.45) is 11.5. The second-order valence-corrected chi connectivity index (χ2v) is 10.3. The first kappa shape index (κ1) is 26.9. The van der Waals surface area contributed by atoms with E-state index in [1.165, 1.54) is 5.57 Å². The Bertz CT molecular complexity index is 936. The van der Waals surface area contributed by atoms with Crippen molar-refractivity contribution in [2.75, 3.05) is 13.2 Å². The molecule has 0 heterocycles. The molecule has 0 unspecified atom stereocenters. The monoisotopic (exact) mass is 450 g/mol. The Kier molecular flexibility index (Phi) is 9.48. The summed E-state index contributed by atoms with van der Waals surface area (Å²) in [4.78, 5) is 12.7. The van der Waals surface area contributed by atoms with Gasteiger partial charge in [-0.2, -0.15) is 0 Å². The van der Waals surface area contributed by atoms with E-state index >= 15 is 0 Å². The molecule has 2 atom stereocenters. The van der Waals surface area contributed by atoms with Gasteiger partial charge in [0, 0.05) is 5.92 Å². The van der Waals surface area contributed by atoms with Gasteiger partial charge in [-0.3, -0.25) is 0 Å². The van der Waals surface area contributed by atoms with Gasteiger partial charge < -0.3 is 9.84 Å². The van der Waals surface area contributed by atoms with Gasteiger partial charge in [0.25, 0.3) is 0 Å². The van der Waals surface area contributed by atoms with E-state index in [0.29, 0.717) is 24.0 Å². The SMILES string of the molecule is C=C1CC[C@H](C/C=C(\C)COC(=O)c2c(C)cc(C)cc2C)C(C)(C)[C@@H]1/C=C/C(C)=C/CO. The van der Waals surface area contributed by atoms with Crippen LogP contribution in [0.1, 0.15) is 74.0 Å². The van der Waals surface area contributed by atoms with E-state index in [0.717, 1.165) is 47.1 Å². The van der Waals surface area contributed by atoms with Crippen LogP contribution in [0.4, 0.5) is 0 Å². The smallest absolute Gasteiger partial charge is 0.338 e. The molecule has 1 N–H and O–H groups in total. The zero-order valence-electron chi connectivity index (χ0n) is 21.6. The van der Waals surface area contributed by atoms with Crippen LogP contribution >= 0.6 is 0 Å². The molecule has 2 rings (SSSR count). The van der Waals surface area contributed by atoms with Gasteiger partial charge >= 0.3 is 5.97 Å². The Labute approximate surface area is 200 Å². The van der Waals surface area contributed by atoms with Gasteiger partial charge in [0.2, 0.25) is 0 Å². The third kappa shape index (κ3) is 7.04. The van der Waals surface area contributed by atoms with Crippen molar-refractivity contribution in [1.82, 2.24) is 0 Å². The molecule has 3 heteroatoms. The van der Waals surface area contributed by atoms with Crippen LogP contribution in [0.25, 0.3) is 0 Å². The first-order valence-corrected chi connectivity index (χ1v) is 12.0. The van der Waals surface area contributed by atoms with Gasteiger partial charge in [-0.05, 0) is 81.9 Å². The lowest BCUT2D eigenvalue weighted by Crippen LogP contribution is -2.36. The maximum absolute atomic E-state index is 12.7. The molecule has 0 saturated heterocycles. The molecule has 1 fully saturated rings. The second-order valence-electron chi connectivity index (χ2n) is 10.3. The molecule has 1 aromatic carbocycles. The summed E-state index contributed by atoms with van der Waals surface area (Å²) in [5, 5.41) is 9.11. The number of ether oxygens (including phenoxy) is 1. The number of carbonyl (C=O) groups excluding carboxylic acids is 1. The number of allylic oxidation sites excluding steroid dienone is 5. The Morgan fingerprint density at radius 3 is 2.42 bits per heavy atom. The molecule has 0 aliphatic heterocycles. The Morgan fingerprint density at radius 2 is 1.82 bits per heavy atom. The Hall–Kier alpha value is -2.39. The number of aryl methyl sites for hydroxylation is 3. The van der Waals surface area contributed by atoms with Gasteiger partial charge in [-0.15, -0.1) is 0 Å². The lowest BCUT2D eigenvalue weighted by molar-refractivity contribution is 0.0537. The van der Waals surface area contributed by atoms with E-state index < -0.39 is 0 Å². The van der Waals surface area contributed by atoms with Crippen LogP contribution in [0.3, 0.4) is 0 Å². The Morgan fingerprint density at radius 1 is 1.18 bits per heavy atom. The molecule has 3 nitrogen and oxygen atoms in total. The van der Waals surface area contributed by atoms with Gasteiger partial charge in [-0.1, -0.05) is 73.6 Å². The topological polar surface area (TPSA) is 46.5 Å². The van der Waals surface area contributed by atoms with E-state index in [1.807, 2.05) is 52.8 Å². The highest BCUT2D eigenvalue weighted by atomic mass is 16.5. The second kappa shape index (κ2) is 11.7. The van der Waals surface area contributed by atoms with Crippen LogP contribution in [-0.2, 0) is 4.74 Å². The third-order valence-corrected chi connectivity index (χ3v) is 7.14. The number of esters is 1. The maximum Gasteiger partial charge on any atom is 0.338 e. The molecular formula is C30H42O3.